The molecule has 0 bridgehead atoms. The number of halogens is 1. The van der Waals surface area contributed by atoms with Crippen LogP contribution in [-0.2, 0) is 11.4 Å². The number of nitrogens with one attached hydrogen (secondary N) is 1. The van der Waals surface area contributed by atoms with E-state index in [0.29, 0.717) is 23.1 Å². The lowest BCUT2D eigenvalue weighted by molar-refractivity contribution is -0.123. The number of hydrogen-bond donors (Lipinski definition) is 1. The van der Waals surface area contributed by atoms with Gasteiger partial charge in [0.25, 0.3) is 5.91 Å². The van der Waals surface area contributed by atoms with Gasteiger partial charge >= 0.3 is 0 Å². The molecular weight excluding hydrogens is 512 g/mol. The summed E-state index contributed by atoms with van der Waals surface area (Å²) in [4.78, 5) is 12.3. The average molecular weight is 537 g/mol. The molecule has 0 saturated carbocycles. The standard InChI is InChI=1S/C31H25ClN4O3/c32-26-10-7-13-29(18-26)39-22-30(37)34-33-19-25-20-36(27-11-5-2-6-12-27)35-31(25)24-14-16-28(17-15-24)38-21-23-8-3-1-4-9-23/h1-20H,21-22H2,(H,34,37)/b33-19+. The number of nitrogens with zero attached hydrogens (tertiary/aromatic N) is 3. The molecule has 1 heterocycles. The molecule has 7 nitrogen and oxygen atoms in total. The van der Waals surface area contributed by atoms with E-state index in [2.05, 4.69) is 10.5 Å². The van der Waals surface area contributed by atoms with Crippen LogP contribution in [0.1, 0.15) is 11.1 Å². The highest BCUT2D eigenvalue weighted by Crippen LogP contribution is 2.25. The second kappa shape index (κ2) is 12.6. The number of aromatic nitrogens is 2. The maximum absolute atomic E-state index is 12.3. The summed E-state index contributed by atoms with van der Waals surface area (Å²) in [5, 5.41) is 9.46. The van der Waals surface area contributed by atoms with Gasteiger partial charge in [0.2, 0.25) is 0 Å². The van der Waals surface area contributed by atoms with Gasteiger partial charge in [-0.3, -0.25) is 4.79 Å². The molecule has 1 amide bonds. The number of amides is 1. The smallest absolute Gasteiger partial charge is 0.277 e. The molecule has 1 aromatic heterocycles. The van der Waals surface area contributed by atoms with Gasteiger partial charge in [0, 0.05) is 22.3 Å². The summed E-state index contributed by atoms with van der Waals surface area (Å²) in [6.07, 6.45) is 3.43. The Morgan fingerprint density at radius 1 is 0.872 bits per heavy atom. The third-order valence-corrected chi connectivity index (χ3v) is 5.93. The maximum Gasteiger partial charge on any atom is 0.277 e. The zero-order valence-electron chi connectivity index (χ0n) is 20.9. The van der Waals surface area contributed by atoms with Crippen molar-refractivity contribution >= 4 is 23.7 Å². The number of hydrogen-bond acceptors (Lipinski definition) is 5. The topological polar surface area (TPSA) is 77.7 Å². The summed E-state index contributed by atoms with van der Waals surface area (Å²) < 4.78 is 13.2. The first-order valence-corrected chi connectivity index (χ1v) is 12.6. The van der Waals surface area contributed by atoms with Crippen LogP contribution in [0.4, 0.5) is 0 Å². The van der Waals surface area contributed by atoms with Crippen molar-refractivity contribution in [2.75, 3.05) is 6.61 Å². The zero-order valence-corrected chi connectivity index (χ0v) is 21.7. The molecule has 4 aromatic carbocycles. The normalized spacial score (nSPS) is 10.9. The zero-order chi connectivity index (χ0) is 26.9. The molecule has 0 aliphatic carbocycles. The van der Waals surface area contributed by atoms with Crippen molar-refractivity contribution in [1.82, 2.24) is 15.2 Å². The lowest BCUT2D eigenvalue weighted by Gasteiger charge is -2.07. The summed E-state index contributed by atoms with van der Waals surface area (Å²) in [7, 11) is 0. The van der Waals surface area contributed by atoms with E-state index in [9.17, 15) is 4.79 Å². The first kappa shape index (κ1) is 25.8. The van der Waals surface area contributed by atoms with Crippen LogP contribution in [0, 0.1) is 0 Å². The first-order valence-electron chi connectivity index (χ1n) is 12.3. The van der Waals surface area contributed by atoms with Gasteiger partial charge in [0.15, 0.2) is 6.61 Å². The fourth-order valence-electron chi connectivity index (χ4n) is 3.78. The van der Waals surface area contributed by atoms with Crippen LogP contribution < -0.4 is 14.9 Å². The predicted molar refractivity (Wildman–Crippen MR) is 152 cm³/mol. The van der Waals surface area contributed by atoms with Crippen LogP contribution in [0.5, 0.6) is 11.5 Å². The van der Waals surface area contributed by atoms with E-state index in [-0.39, 0.29) is 6.61 Å². The fourth-order valence-corrected chi connectivity index (χ4v) is 3.96. The van der Waals surface area contributed by atoms with Crippen LogP contribution in [0.25, 0.3) is 16.9 Å². The molecule has 0 aliphatic heterocycles. The molecule has 0 aliphatic rings. The van der Waals surface area contributed by atoms with Crippen molar-refractivity contribution in [2.24, 2.45) is 5.10 Å². The van der Waals surface area contributed by atoms with E-state index in [1.807, 2.05) is 91.1 Å². The molecule has 0 unspecified atom stereocenters. The van der Waals surface area contributed by atoms with Crippen LogP contribution in [0.2, 0.25) is 5.02 Å². The van der Waals surface area contributed by atoms with Gasteiger partial charge in [-0.25, -0.2) is 10.1 Å². The van der Waals surface area contributed by atoms with Crippen molar-refractivity contribution in [2.45, 2.75) is 6.61 Å². The summed E-state index contributed by atoms with van der Waals surface area (Å²) >= 11 is 5.95. The van der Waals surface area contributed by atoms with Gasteiger partial charge in [-0.05, 0) is 60.2 Å². The van der Waals surface area contributed by atoms with E-state index in [4.69, 9.17) is 26.2 Å². The summed E-state index contributed by atoms with van der Waals surface area (Å²) in [5.41, 5.74) is 6.82. The van der Waals surface area contributed by atoms with E-state index in [1.54, 1.807) is 35.2 Å². The highest BCUT2D eigenvalue weighted by atomic mass is 35.5. The third-order valence-electron chi connectivity index (χ3n) is 5.70. The van der Waals surface area contributed by atoms with E-state index < -0.39 is 5.91 Å². The maximum atomic E-state index is 12.3. The van der Waals surface area contributed by atoms with Crippen molar-refractivity contribution in [3.63, 3.8) is 0 Å². The molecule has 194 valence electrons. The van der Waals surface area contributed by atoms with Gasteiger partial charge in [-0.2, -0.15) is 10.2 Å². The average Bonchev–Trinajstić information content (AvgIpc) is 3.40. The Morgan fingerprint density at radius 2 is 1.62 bits per heavy atom. The van der Waals surface area contributed by atoms with Crippen LogP contribution in [0.15, 0.2) is 120 Å². The number of rotatable bonds is 10. The Bertz CT molecular complexity index is 1550. The van der Waals surface area contributed by atoms with Gasteiger partial charge in [-0.15, -0.1) is 0 Å². The molecule has 5 aromatic rings. The van der Waals surface area contributed by atoms with Crippen molar-refractivity contribution in [1.29, 1.82) is 0 Å². The van der Waals surface area contributed by atoms with Crippen molar-refractivity contribution in [3.8, 4) is 28.4 Å². The highest BCUT2D eigenvalue weighted by molar-refractivity contribution is 6.30. The Labute approximate surface area is 231 Å². The first-order chi connectivity index (χ1) is 19.1. The SMILES string of the molecule is O=C(COc1cccc(Cl)c1)N/N=C/c1cn(-c2ccccc2)nc1-c1ccc(OCc2ccccc2)cc1. The summed E-state index contributed by atoms with van der Waals surface area (Å²) in [6.45, 7) is 0.291. The molecule has 39 heavy (non-hydrogen) atoms. The highest BCUT2D eigenvalue weighted by Gasteiger charge is 2.12. The molecule has 0 atom stereocenters. The quantitative estimate of drug-likeness (QED) is 0.168. The molecule has 8 heteroatoms. The Balaban J connectivity index is 1.29. The Hall–Kier alpha value is -4.88. The van der Waals surface area contributed by atoms with Crippen molar-refractivity contribution in [3.05, 3.63) is 132 Å². The third kappa shape index (κ3) is 7.12. The number of carbonyl (C=O) groups excluding carboxylic acids is 1. The second-order valence-corrected chi connectivity index (χ2v) is 8.99. The van der Waals surface area contributed by atoms with E-state index in [1.165, 1.54) is 0 Å². The molecule has 1 N–H and O–H groups in total. The minimum atomic E-state index is -0.400. The lowest BCUT2D eigenvalue weighted by atomic mass is 10.1. The summed E-state index contributed by atoms with van der Waals surface area (Å²) in [6, 6.07) is 34.4. The molecular formula is C31H25ClN4O3. The molecule has 5 rings (SSSR count). The Morgan fingerprint density at radius 3 is 2.36 bits per heavy atom. The van der Waals surface area contributed by atoms with E-state index in [0.717, 1.165) is 28.1 Å². The molecule has 0 fully saturated rings. The number of carbonyl (C=O) groups is 1. The van der Waals surface area contributed by atoms with Gasteiger partial charge in [0.05, 0.1) is 11.9 Å². The fraction of sp³-hybridized carbons (Fsp3) is 0.0645. The number of benzene rings is 4. The van der Waals surface area contributed by atoms with Crippen molar-refractivity contribution < 1.29 is 14.3 Å². The monoisotopic (exact) mass is 536 g/mol. The summed E-state index contributed by atoms with van der Waals surface area (Å²) in [5.74, 6) is 0.861. The number of hydrazone groups is 1. The van der Waals surface area contributed by atoms with Gasteiger partial charge < -0.3 is 9.47 Å². The number of ether oxygens (including phenoxy) is 2. The van der Waals surface area contributed by atoms with Gasteiger partial charge in [-0.1, -0.05) is 66.2 Å². The van der Waals surface area contributed by atoms with E-state index >= 15 is 0 Å². The Kier molecular flexibility index (Phi) is 8.31. The van der Waals surface area contributed by atoms with Crippen LogP contribution in [0.3, 0.4) is 0 Å². The lowest BCUT2D eigenvalue weighted by Crippen LogP contribution is -2.24. The predicted octanol–water partition coefficient (Wildman–Crippen LogP) is 6.30. The minimum Gasteiger partial charge on any atom is -0.489 e. The van der Waals surface area contributed by atoms with Gasteiger partial charge in [0.1, 0.15) is 23.8 Å². The molecule has 0 spiro atoms. The van der Waals surface area contributed by atoms with Crippen LogP contribution in [-0.4, -0.2) is 28.5 Å². The van der Waals surface area contributed by atoms with Crippen LogP contribution >= 0.6 is 11.6 Å². The minimum absolute atomic E-state index is 0.196. The number of para-hydroxylation sites is 1. The molecule has 0 radical (unpaired) electrons. The largest absolute Gasteiger partial charge is 0.489 e. The second-order valence-electron chi connectivity index (χ2n) is 8.55. The molecule has 0 saturated heterocycles.